The Morgan fingerprint density at radius 2 is 2.00 bits per heavy atom. The molecule has 0 spiro atoms. The van der Waals surface area contributed by atoms with Crippen LogP contribution in [-0.2, 0) is 0 Å². The van der Waals surface area contributed by atoms with Crippen LogP contribution < -0.4 is 0 Å². The van der Waals surface area contributed by atoms with Crippen LogP contribution in [0.2, 0.25) is 0 Å². The van der Waals surface area contributed by atoms with Crippen molar-refractivity contribution < 1.29 is 10.2 Å². The molecule has 1 unspecified atom stereocenters. The Labute approximate surface area is 93.1 Å². The predicted octanol–water partition coefficient (Wildman–Crippen LogP) is 1.38. The van der Waals surface area contributed by atoms with Crippen molar-refractivity contribution in [3.8, 4) is 0 Å². The fourth-order valence-electron chi connectivity index (χ4n) is 2.50. The van der Waals surface area contributed by atoms with Crippen molar-refractivity contribution in [3.63, 3.8) is 0 Å². The summed E-state index contributed by atoms with van der Waals surface area (Å²) in [7, 11) is 0. The van der Waals surface area contributed by atoms with Gasteiger partial charge in [-0.1, -0.05) is 0 Å². The van der Waals surface area contributed by atoms with E-state index < -0.39 is 5.60 Å². The SMILES string of the molecule is CC(C)(O)C1CCCN1CCCCCO. The van der Waals surface area contributed by atoms with Gasteiger partial charge in [0.2, 0.25) is 0 Å². The van der Waals surface area contributed by atoms with E-state index >= 15 is 0 Å². The van der Waals surface area contributed by atoms with E-state index in [0.29, 0.717) is 12.6 Å². The molecule has 1 fully saturated rings. The van der Waals surface area contributed by atoms with Crippen molar-refractivity contribution in [2.75, 3.05) is 19.7 Å². The zero-order valence-electron chi connectivity index (χ0n) is 10.1. The second-order valence-electron chi connectivity index (χ2n) is 5.13. The molecule has 0 aromatic rings. The third-order valence-corrected chi connectivity index (χ3v) is 3.28. The van der Waals surface area contributed by atoms with E-state index in [9.17, 15) is 5.11 Å². The van der Waals surface area contributed by atoms with Gasteiger partial charge in [0.25, 0.3) is 0 Å². The molecule has 0 amide bonds. The summed E-state index contributed by atoms with van der Waals surface area (Å²) in [5, 5.41) is 18.7. The molecule has 1 rings (SSSR count). The highest BCUT2D eigenvalue weighted by molar-refractivity contribution is 4.90. The topological polar surface area (TPSA) is 43.7 Å². The first kappa shape index (κ1) is 12.9. The van der Waals surface area contributed by atoms with Gasteiger partial charge in [-0.05, 0) is 59.0 Å². The zero-order valence-corrected chi connectivity index (χ0v) is 10.1. The van der Waals surface area contributed by atoms with Gasteiger partial charge in [0.1, 0.15) is 0 Å². The summed E-state index contributed by atoms with van der Waals surface area (Å²) < 4.78 is 0. The van der Waals surface area contributed by atoms with Gasteiger partial charge in [0.05, 0.1) is 5.60 Å². The summed E-state index contributed by atoms with van der Waals surface area (Å²) in [4.78, 5) is 2.40. The van der Waals surface area contributed by atoms with Crippen molar-refractivity contribution in [3.05, 3.63) is 0 Å². The van der Waals surface area contributed by atoms with Crippen LogP contribution in [-0.4, -0.2) is 46.5 Å². The molecule has 1 atom stereocenters. The van der Waals surface area contributed by atoms with Gasteiger partial charge in [-0.3, -0.25) is 4.90 Å². The molecule has 0 aromatic carbocycles. The Morgan fingerprint density at radius 1 is 1.27 bits per heavy atom. The summed E-state index contributed by atoms with van der Waals surface area (Å²) in [5.74, 6) is 0. The van der Waals surface area contributed by atoms with Crippen molar-refractivity contribution in [1.29, 1.82) is 0 Å². The first-order valence-electron chi connectivity index (χ1n) is 6.13. The average Bonchev–Trinajstić information content (AvgIpc) is 2.59. The number of likely N-dealkylation sites (tertiary alicyclic amines) is 1. The lowest BCUT2D eigenvalue weighted by Crippen LogP contribution is -2.45. The Hall–Kier alpha value is -0.120. The first-order chi connectivity index (χ1) is 7.05. The summed E-state index contributed by atoms with van der Waals surface area (Å²) in [5.41, 5.74) is -0.576. The molecule has 1 heterocycles. The summed E-state index contributed by atoms with van der Waals surface area (Å²) >= 11 is 0. The highest BCUT2D eigenvalue weighted by Crippen LogP contribution is 2.26. The monoisotopic (exact) mass is 215 g/mol. The number of aliphatic hydroxyl groups excluding tert-OH is 1. The zero-order chi connectivity index (χ0) is 11.3. The van der Waals surface area contributed by atoms with Crippen LogP contribution in [0.25, 0.3) is 0 Å². The Morgan fingerprint density at radius 3 is 2.60 bits per heavy atom. The highest BCUT2D eigenvalue weighted by atomic mass is 16.3. The molecule has 0 radical (unpaired) electrons. The number of rotatable bonds is 6. The number of unbranched alkanes of at least 4 members (excludes halogenated alkanes) is 2. The maximum Gasteiger partial charge on any atom is 0.0746 e. The van der Waals surface area contributed by atoms with Crippen LogP contribution in [0.1, 0.15) is 46.0 Å². The Bertz CT molecular complexity index is 177. The lowest BCUT2D eigenvalue weighted by Gasteiger charge is -2.33. The molecule has 90 valence electrons. The number of hydrogen-bond donors (Lipinski definition) is 2. The van der Waals surface area contributed by atoms with Crippen LogP contribution in [0, 0.1) is 0 Å². The molecule has 2 N–H and O–H groups in total. The molecule has 0 saturated carbocycles. The molecule has 0 aliphatic carbocycles. The van der Waals surface area contributed by atoms with Gasteiger partial charge in [0.15, 0.2) is 0 Å². The molecular weight excluding hydrogens is 190 g/mol. The van der Waals surface area contributed by atoms with Crippen LogP contribution in [0.4, 0.5) is 0 Å². The predicted molar refractivity (Wildman–Crippen MR) is 61.8 cm³/mol. The Kier molecular flexibility index (Phi) is 5.03. The van der Waals surface area contributed by atoms with Crippen molar-refractivity contribution in [1.82, 2.24) is 4.90 Å². The van der Waals surface area contributed by atoms with E-state index in [-0.39, 0.29) is 0 Å². The Balaban J connectivity index is 2.28. The molecule has 1 aliphatic rings. The highest BCUT2D eigenvalue weighted by Gasteiger charge is 2.35. The van der Waals surface area contributed by atoms with E-state index in [4.69, 9.17) is 5.11 Å². The maximum atomic E-state index is 10.0. The van der Waals surface area contributed by atoms with Gasteiger partial charge >= 0.3 is 0 Å². The van der Waals surface area contributed by atoms with E-state index in [0.717, 1.165) is 38.8 Å². The van der Waals surface area contributed by atoms with Gasteiger partial charge in [-0.15, -0.1) is 0 Å². The summed E-state index contributed by atoms with van der Waals surface area (Å²) in [6, 6.07) is 0.326. The van der Waals surface area contributed by atoms with Gasteiger partial charge in [-0.25, -0.2) is 0 Å². The third kappa shape index (κ3) is 4.09. The second kappa shape index (κ2) is 5.83. The largest absolute Gasteiger partial charge is 0.396 e. The molecule has 3 heteroatoms. The molecular formula is C12H25NO2. The van der Waals surface area contributed by atoms with Crippen LogP contribution in [0.5, 0.6) is 0 Å². The van der Waals surface area contributed by atoms with Crippen molar-refractivity contribution >= 4 is 0 Å². The fraction of sp³-hybridized carbons (Fsp3) is 1.00. The lowest BCUT2D eigenvalue weighted by atomic mass is 9.96. The maximum absolute atomic E-state index is 10.0. The summed E-state index contributed by atoms with van der Waals surface area (Å²) in [6.07, 6.45) is 5.44. The molecule has 15 heavy (non-hydrogen) atoms. The van der Waals surface area contributed by atoms with Crippen molar-refractivity contribution in [2.45, 2.75) is 57.6 Å². The average molecular weight is 215 g/mol. The quantitative estimate of drug-likeness (QED) is 0.658. The van der Waals surface area contributed by atoms with E-state index in [2.05, 4.69) is 4.90 Å². The molecule has 1 aliphatic heterocycles. The van der Waals surface area contributed by atoms with Gasteiger partial charge < -0.3 is 10.2 Å². The number of aliphatic hydroxyl groups is 2. The molecule has 3 nitrogen and oxygen atoms in total. The first-order valence-corrected chi connectivity index (χ1v) is 6.13. The van der Waals surface area contributed by atoms with Crippen LogP contribution >= 0.6 is 0 Å². The molecule has 0 bridgehead atoms. The normalized spacial score (nSPS) is 23.6. The minimum absolute atomic E-state index is 0.301. The van der Waals surface area contributed by atoms with E-state index in [1.807, 2.05) is 13.8 Å². The number of nitrogens with zero attached hydrogens (tertiary/aromatic N) is 1. The van der Waals surface area contributed by atoms with E-state index in [1.54, 1.807) is 0 Å². The van der Waals surface area contributed by atoms with Gasteiger partial charge in [0, 0.05) is 12.6 Å². The van der Waals surface area contributed by atoms with Crippen molar-refractivity contribution in [2.24, 2.45) is 0 Å². The van der Waals surface area contributed by atoms with Crippen LogP contribution in [0.15, 0.2) is 0 Å². The second-order valence-corrected chi connectivity index (χ2v) is 5.13. The molecule has 0 aromatic heterocycles. The van der Waals surface area contributed by atoms with E-state index in [1.165, 1.54) is 6.42 Å². The van der Waals surface area contributed by atoms with Crippen LogP contribution in [0.3, 0.4) is 0 Å². The fourth-order valence-corrected chi connectivity index (χ4v) is 2.50. The minimum Gasteiger partial charge on any atom is -0.396 e. The number of hydrogen-bond acceptors (Lipinski definition) is 3. The molecule has 1 saturated heterocycles. The smallest absolute Gasteiger partial charge is 0.0746 e. The lowest BCUT2D eigenvalue weighted by molar-refractivity contribution is -0.00285. The summed E-state index contributed by atoms with van der Waals surface area (Å²) in [6.45, 7) is 6.30. The third-order valence-electron chi connectivity index (χ3n) is 3.28. The van der Waals surface area contributed by atoms with Gasteiger partial charge in [-0.2, -0.15) is 0 Å². The minimum atomic E-state index is -0.576. The standard InChI is InChI=1S/C12H25NO2/c1-12(2,15)11-7-6-9-13(11)8-4-3-5-10-14/h11,14-15H,3-10H2,1-2H3.